The number of hydrogen-bond acceptors (Lipinski definition) is 3. The lowest BCUT2D eigenvalue weighted by molar-refractivity contribution is 0.146. The summed E-state index contributed by atoms with van der Waals surface area (Å²) in [6, 6.07) is 3.36. The highest BCUT2D eigenvalue weighted by molar-refractivity contribution is 8.13. The van der Waals surface area contributed by atoms with Gasteiger partial charge < -0.3 is 4.74 Å². The maximum absolute atomic E-state index is 12.5. The summed E-state index contributed by atoms with van der Waals surface area (Å²) in [4.78, 5) is -0.454. The van der Waals surface area contributed by atoms with Gasteiger partial charge in [0.1, 0.15) is 10.6 Å². The quantitative estimate of drug-likeness (QED) is 0.781. The number of methoxy groups -OCH3 is 1. The summed E-state index contributed by atoms with van der Waals surface area (Å²) >= 11 is 0. The molecule has 0 aliphatic heterocycles. The van der Waals surface area contributed by atoms with E-state index in [4.69, 9.17) is 10.7 Å². The van der Waals surface area contributed by atoms with Crippen molar-refractivity contribution < 1.29 is 21.9 Å². The molecule has 0 radical (unpaired) electrons. The zero-order valence-corrected chi connectivity index (χ0v) is 9.15. The first kappa shape index (κ1) is 12.2. The molecule has 15 heavy (non-hydrogen) atoms. The second kappa shape index (κ2) is 4.32. The van der Waals surface area contributed by atoms with Crippen molar-refractivity contribution in [3.05, 3.63) is 23.8 Å². The molecule has 0 saturated carbocycles. The summed E-state index contributed by atoms with van der Waals surface area (Å²) in [6.07, 6.45) is -2.82. The molecule has 0 aliphatic carbocycles. The van der Waals surface area contributed by atoms with Gasteiger partial charge in [0.2, 0.25) is 0 Å². The molecular weight excluding hydrogens is 250 g/mol. The predicted octanol–water partition coefficient (Wildman–Crippen LogP) is 2.56. The minimum absolute atomic E-state index is 0.414. The molecule has 0 amide bonds. The fraction of sp³-hybridized carbons (Fsp3) is 0.250. The Balaban J connectivity index is 3.49. The van der Waals surface area contributed by atoms with Gasteiger partial charge in [-0.1, -0.05) is 6.07 Å². The van der Waals surface area contributed by atoms with Gasteiger partial charge in [-0.15, -0.1) is 0 Å². The van der Waals surface area contributed by atoms with E-state index in [-0.39, 0.29) is 0 Å². The molecule has 7 heteroatoms. The van der Waals surface area contributed by atoms with E-state index in [0.717, 1.165) is 19.2 Å². The third kappa shape index (κ3) is 2.57. The van der Waals surface area contributed by atoms with E-state index in [1.165, 1.54) is 6.07 Å². The van der Waals surface area contributed by atoms with E-state index in [1.807, 2.05) is 0 Å². The molecule has 0 aromatic heterocycles. The summed E-state index contributed by atoms with van der Waals surface area (Å²) < 4.78 is 51.6. The monoisotopic (exact) mass is 256 g/mol. The van der Waals surface area contributed by atoms with E-state index >= 15 is 0 Å². The van der Waals surface area contributed by atoms with Crippen LogP contribution in [0.4, 0.5) is 8.78 Å². The number of ether oxygens (including phenoxy) is 1. The molecule has 0 fully saturated rings. The Bertz CT molecular complexity index is 459. The molecule has 0 unspecified atom stereocenters. The number of benzene rings is 1. The smallest absolute Gasteiger partial charge is 0.267 e. The van der Waals surface area contributed by atoms with Crippen LogP contribution in [0.15, 0.2) is 23.1 Å². The van der Waals surface area contributed by atoms with Crippen LogP contribution in [0.5, 0.6) is 5.75 Å². The number of alkyl halides is 2. The van der Waals surface area contributed by atoms with Crippen LogP contribution < -0.4 is 4.74 Å². The molecule has 1 aromatic rings. The van der Waals surface area contributed by atoms with E-state index in [9.17, 15) is 17.2 Å². The maximum Gasteiger partial charge on any atom is 0.267 e. The number of halogens is 3. The van der Waals surface area contributed by atoms with Crippen LogP contribution in [0.1, 0.15) is 12.0 Å². The first-order valence-corrected chi connectivity index (χ1v) is 6.08. The van der Waals surface area contributed by atoms with Gasteiger partial charge in [0.25, 0.3) is 15.5 Å². The molecule has 3 nitrogen and oxygen atoms in total. The molecule has 0 aliphatic rings. The Labute approximate surface area is 90.0 Å². The molecule has 0 heterocycles. The zero-order valence-electron chi connectivity index (χ0n) is 7.58. The summed E-state index contributed by atoms with van der Waals surface area (Å²) in [5.41, 5.74) is -0.501. The highest BCUT2D eigenvalue weighted by atomic mass is 35.7. The van der Waals surface area contributed by atoms with E-state index in [2.05, 4.69) is 4.74 Å². The van der Waals surface area contributed by atoms with Gasteiger partial charge >= 0.3 is 0 Å². The van der Waals surface area contributed by atoms with E-state index < -0.39 is 31.7 Å². The van der Waals surface area contributed by atoms with Crippen molar-refractivity contribution >= 4 is 19.7 Å². The lowest BCUT2D eigenvalue weighted by Gasteiger charge is -2.10. The third-order valence-corrected chi connectivity index (χ3v) is 3.06. The Morgan fingerprint density at radius 1 is 1.40 bits per heavy atom. The van der Waals surface area contributed by atoms with Crippen molar-refractivity contribution in [3.63, 3.8) is 0 Å². The van der Waals surface area contributed by atoms with Crippen LogP contribution in [0.3, 0.4) is 0 Å². The topological polar surface area (TPSA) is 43.4 Å². The van der Waals surface area contributed by atoms with Crippen molar-refractivity contribution in [2.24, 2.45) is 0 Å². The molecule has 0 saturated heterocycles. The molecule has 0 atom stereocenters. The first-order chi connectivity index (χ1) is 6.88. The van der Waals surface area contributed by atoms with Gasteiger partial charge in [0.05, 0.1) is 12.7 Å². The zero-order chi connectivity index (χ0) is 11.6. The average Bonchev–Trinajstić information content (AvgIpc) is 2.15. The summed E-state index contributed by atoms with van der Waals surface area (Å²) in [6.45, 7) is 0. The van der Waals surface area contributed by atoms with Crippen LogP contribution in [0.2, 0.25) is 0 Å². The average molecular weight is 257 g/mol. The first-order valence-electron chi connectivity index (χ1n) is 3.77. The Hall–Kier alpha value is -0.880. The molecule has 1 aromatic carbocycles. The van der Waals surface area contributed by atoms with Gasteiger partial charge in [0, 0.05) is 10.7 Å². The number of hydrogen-bond donors (Lipinski definition) is 0. The fourth-order valence-electron chi connectivity index (χ4n) is 1.12. The minimum atomic E-state index is -4.09. The maximum atomic E-state index is 12.5. The highest BCUT2D eigenvalue weighted by Gasteiger charge is 2.23. The second-order valence-electron chi connectivity index (χ2n) is 2.62. The van der Waals surface area contributed by atoms with Gasteiger partial charge in [-0.2, -0.15) is 0 Å². The second-order valence-corrected chi connectivity index (χ2v) is 5.15. The summed E-state index contributed by atoms with van der Waals surface area (Å²) in [5.74, 6) is -0.414. The van der Waals surface area contributed by atoms with Crippen molar-refractivity contribution in [1.82, 2.24) is 0 Å². The van der Waals surface area contributed by atoms with Crippen molar-refractivity contribution in [1.29, 1.82) is 0 Å². The molecular formula is C8H7ClF2O3S. The Morgan fingerprint density at radius 3 is 2.40 bits per heavy atom. The molecule has 84 valence electrons. The van der Waals surface area contributed by atoms with Crippen LogP contribution in [-0.2, 0) is 9.05 Å². The highest BCUT2D eigenvalue weighted by Crippen LogP contribution is 2.35. The third-order valence-electron chi connectivity index (χ3n) is 1.71. The fourth-order valence-corrected chi connectivity index (χ4v) is 2.14. The molecule has 0 spiro atoms. The van der Waals surface area contributed by atoms with Gasteiger partial charge in [-0.05, 0) is 12.1 Å². The Morgan fingerprint density at radius 2 is 2.00 bits per heavy atom. The summed E-state index contributed by atoms with van der Waals surface area (Å²) in [5, 5.41) is 0. The lowest BCUT2D eigenvalue weighted by Crippen LogP contribution is -2.00. The van der Waals surface area contributed by atoms with E-state index in [0.29, 0.717) is 0 Å². The van der Waals surface area contributed by atoms with Crippen molar-refractivity contribution in [3.8, 4) is 5.75 Å². The van der Waals surface area contributed by atoms with Crippen LogP contribution in [0, 0.1) is 0 Å². The molecule has 1 rings (SSSR count). The number of rotatable bonds is 3. The lowest BCUT2D eigenvalue weighted by atomic mass is 10.2. The van der Waals surface area contributed by atoms with Gasteiger partial charge in [0.15, 0.2) is 0 Å². The van der Waals surface area contributed by atoms with Crippen molar-refractivity contribution in [2.75, 3.05) is 7.11 Å². The van der Waals surface area contributed by atoms with Crippen molar-refractivity contribution in [2.45, 2.75) is 11.3 Å². The molecule has 0 N–H and O–H groups in total. The van der Waals surface area contributed by atoms with Gasteiger partial charge in [-0.3, -0.25) is 0 Å². The normalized spacial score (nSPS) is 11.8. The number of para-hydroxylation sites is 1. The SMILES string of the molecule is COc1c(C(F)F)cccc1S(=O)(=O)Cl. The molecule has 0 bridgehead atoms. The van der Waals surface area contributed by atoms with Crippen LogP contribution in [0.25, 0.3) is 0 Å². The van der Waals surface area contributed by atoms with Gasteiger partial charge in [-0.25, -0.2) is 17.2 Å². The predicted molar refractivity (Wildman–Crippen MR) is 51.0 cm³/mol. The minimum Gasteiger partial charge on any atom is -0.495 e. The van der Waals surface area contributed by atoms with Crippen LogP contribution in [-0.4, -0.2) is 15.5 Å². The largest absolute Gasteiger partial charge is 0.495 e. The standard InChI is InChI=1S/C8H7ClF2O3S/c1-14-7-5(8(10)11)3-2-4-6(7)15(9,12)13/h2-4,8H,1H3. The van der Waals surface area contributed by atoms with E-state index in [1.54, 1.807) is 0 Å². The summed E-state index contributed by atoms with van der Waals surface area (Å²) in [7, 11) is 2.08. The Kier molecular flexibility index (Phi) is 3.51. The van der Waals surface area contributed by atoms with Crippen LogP contribution >= 0.6 is 10.7 Å².